The Balaban J connectivity index is 2.20. The van der Waals surface area contributed by atoms with Crippen LogP contribution < -0.4 is 0 Å². The number of carbonyl (C=O) groups excluding carboxylic acids is 1. The Kier molecular flexibility index (Phi) is 2.86. The van der Waals surface area contributed by atoms with E-state index in [1.807, 2.05) is 67.6 Å². The highest BCUT2D eigenvalue weighted by Crippen LogP contribution is 2.43. The van der Waals surface area contributed by atoms with Crippen molar-refractivity contribution in [2.45, 2.75) is 24.9 Å². The van der Waals surface area contributed by atoms with Crippen LogP contribution in [0, 0.1) is 0 Å². The number of rotatable bonds is 2. The predicted octanol–water partition coefficient (Wildman–Crippen LogP) is 3.31. The van der Waals surface area contributed by atoms with Crippen LogP contribution in [0.25, 0.3) is 0 Å². The van der Waals surface area contributed by atoms with Crippen LogP contribution >= 0.6 is 0 Å². The van der Waals surface area contributed by atoms with Gasteiger partial charge in [-0.2, -0.15) is 0 Å². The van der Waals surface area contributed by atoms with Gasteiger partial charge in [-0.25, -0.2) is 0 Å². The molecule has 3 rings (SSSR count). The van der Waals surface area contributed by atoms with Gasteiger partial charge in [-0.3, -0.25) is 4.79 Å². The number of carbonyl (C=O) groups is 1. The fourth-order valence-corrected chi connectivity index (χ4v) is 2.92. The van der Waals surface area contributed by atoms with Crippen molar-refractivity contribution in [3.63, 3.8) is 0 Å². The van der Waals surface area contributed by atoms with Crippen LogP contribution in [0.5, 0.6) is 0 Å². The van der Waals surface area contributed by atoms with Crippen molar-refractivity contribution in [1.82, 2.24) is 0 Å². The molecule has 1 fully saturated rings. The summed E-state index contributed by atoms with van der Waals surface area (Å²) in [5.74, 6) is -0.141. The van der Waals surface area contributed by atoms with Crippen LogP contribution in [0.15, 0.2) is 60.7 Å². The molecule has 0 amide bonds. The molecule has 1 atom stereocenters. The van der Waals surface area contributed by atoms with E-state index < -0.39 is 5.41 Å². The third-order valence-electron chi connectivity index (χ3n) is 3.78. The average Bonchev–Trinajstić information content (AvgIpc) is 2.76. The molecule has 0 spiro atoms. The predicted molar refractivity (Wildman–Crippen MR) is 73.8 cm³/mol. The van der Waals surface area contributed by atoms with Crippen molar-refractivity contribution in [2.24, 2.45) is 0 Å². The zero-order valence-electron chi connectivity index (χ0n) is 10.9. The van der Waals surface area contributed by atoms with Crippen molar-refractivity contribution in [1.29, 1.82) is 0 Å². The molecule has 1 aliphatic heterocycles. The van der Waals surface area contributed by atoms with Gasteiger partial charge >= 0.3 is 5.97 Å². The van der Waals surface area contributed by atoms with E-state index in [0.29, 0.717) is 6.42 Å². The second-order valence-corrected chi connectivity index (χ2v) is 5.06. The topological polar surface area (TPSA) is 26.3 Å². The van der Waals surface area contributed by atoms with Gasteiger partial charge in [0.1, 0.15) is 11.5 Å². The molecule has 0 N–H and O–H groups in total. The summed E-state index contributed by atoms with van der Waals surface area (Å²) >= 11 is 0. The lowest BCUT2D eigenvalue weighted by atomic mass is 9.72. The lowest BCUT2D eigenvalue weighted by Crippen LogP contribution is -2.32. The van der Waals surface area contributed by atoms with E-state index in [-0.39, 0.29) is 12.1 Å². The van der Waals surface area contributed by atoms with Gasteiger partial charge in [0.2, 0.25) is 0 Å². The van der Waals surface area contributed by atoms with E-state index in [1.165, 1.54) is 0 Å². The van der Waals surface area contributed by atoms with Crippen LogP contribution in [0.1, 0.15) is 24.5 Å². The van der Waals surface area contributed by atoms with Crippen LogP contribution in [0.3, 0.4) is 0 Å². The standard InChI is InChI=1S/C17H16O2/c1-13-12-17(16(18)19-13,14-8-4-2-5-9-14)15-10-6-3-7-11-15/h2-11,13H,12H2,1H3/t13-/m1/s1. The molecule has 2 aromatic carbocycles. The molecule has 1 aliphatic rings. The van der Waals surface area contributed by atoms with Gasteiger partial charge in [-0.15, -0.1) is 0 Å². The molecule has 0 bridgehead atoms. The maximum absolute atomic E-state index is 12.5. The monoisotopic (exact) mass is 252 g/mol. The largest absolute Gasteiger partial charge is 0.462 e. The van der Waals surface area contributed by atoms with Crippen molar-refractivity contribution >= 4 is 5.97 Å². The summed E-state index contributed by atoms with van der Waals surface area (Å²) in [6.45, 7) is 1.95. The lowest BCUT2D eigenvalue weighted by Gasteiger charge is -2.26. The summed E-state index contributed by atoms with van der Waals surface area (Å²) in [6, 6.07) is 19.8. The number of benzene rings is 2. The Labute approximate surface area is 113 Å². The first-order valence-electron chi connectivity index (χ1n) is 6.55. The van der Waals surface area contributed by atoms with Crippen LogP contribution in [-0.2, 0) is 14.9 Å². The molecule has 0 aromatic heterocycles. The van der Waals surface area contributed by atoms with Gasteiger partial charge in [-0.1, -0.05) is 60.7 Å². The molecule has 2 nitrogen and oxygen atoms in total. The first-order chi connectivity index (χ1) is 9.23. The molecular formula is C17H16O2. The van der Waals surface area contributed by atoms with E-state index in [4.69, 9.17) is 4.74 Å². The zero-order chi connectivity index (χ0) is 13.3. The third-order valence-corrected chi connectivity index (χ3v) is 3.78. The van der Waals surface area contributed by atoms with Gasteiger partial charge in [-0.05, 0) is 18.1 Å². The van der Waals surface area contributed by atoms with E-state index >= 15 is 0 Å². The first kappa shape index (κ1) is 12.0. The summed E-state index contributed by atoms with van der Waals surface area (Å²) in [5, 5.41) is 0. The molecule has 1 heterocycles. The fraction of sp³-hybridized carbons (Fsp3) is 0.235. The Bertz CT molecular complexity index is 535. The number of esters is 1. The minimum atomic E-state index is -0.651. The van der Waals surface area contributed by atoms with Crippen molar-refractivity contribution in [3.05, 3.63) is 71.8 Å². The van der Waals surface area contributed by atoms with E-state index in [9.17, 15) is 4.79 Å². The SMILES string of the molecule is C[C@@H]1CC(c2ccccc2)(c2ccccc2)C(=O)O1. The summed E-state index contributed by atoms with van der Waals surface area (Å²) in [7, 11) is 0. The van der Waals surface area contributed by atoms with Crippen molar-refractivity contribution < 1.29 is 9.53 Å². The molecule has 0 aliphatic carbocycles. The maximum Gasteiger partial charge on any atom is 0.321 e. The molecule has 96 valence electrons. The normalized spacial score (nSPS) is 21.1. The molecule has 0 radical (unpaired) electrons. The Morgan fingerprint density at radius 1 is 0.947 bits per heavy atom. The average molecular weight is 252 g/mol. The summed E-state index contributed by atoms with van der Waals surface area (Å²) < 4.78 is 5.45. The molecule has 2 heteroatoms. The third kappa shape index (κ3) is 1.84. The van der Waals surface area contributed by atoms with E-state index in [0.717, 1.165) is 11.1 Å². The Morgan fingerprint density at radius 3 is 1.79 bits per heavy atom. The highest BCUT2D eigenvalue weighted by Gasteiger charge is 2.50. The van der Waals surface area contributed by atoms with Crippen molar-refractivity contribution in [2.75, 3.05) is 0 Å². The highest BCUT2D eigenvalue weighted by molar-refractivity contribution is 5.89. The minimum Gasteiger partial charge on any atom is -0.462 e. The van der Waals surface area contributed by atoms with Gasteiger partial charge in [0.15, 0.2) is 0 Å². The van der Waals surface area contributed by atoms with Crippen LogP contribution in [0.2, 0.25) is 0 Å². The number of cyclic esters (lactones) is 1. The number of ether oxygens (including phenoxy) is 1. The second kappa shape index (κ2) is 4.54. The molecule has 19 heavy (non-hydrogen) atoms. The Morgan fingerprint density at radius 2 is 1.42 bits per heavy atom. The lowest BCUT2D eigenvalue weighted by molar-refractivity contribution is -0.144. The molecule has 1 saturated heterocycles. The smallest absolute Gasteiger partial charge is 0.321 e. The number of hydrogen-bond donors (Lipinski definition) is 0. The van der Waals surface area contributed by atoms with Crippen molar-refractivity contribution in [3.8, 4) is 0 Å². The fourth-order valence-electron chi connectivity index (χ4n) is 2.92. The summed E-state index contributed by atoms with van der Waals surface area (Å²) in [6.07, 6.45) is 0.646. The van der Waals surface area contributed by atoms with Gasteiger partial charge in [0.25, 0.3) is 0 Å². The second-order valence-electron chi connectivity index (χ2n) is 5.06. The van der Waals surface area contributed by atoms with Gasteiger partial charge in [0, 0.05) is 6.42 Å². The van der Waals surface area contributed by atoms with Crippen LogP contribution in [0.4, 0.5) is 0 Å². The minimum absolute atomic E-state index is 0.0482. The number of hydrogen-bond acceptors (Lipinski definition) is 2. The van der Waals surface area contributed by atoms with Gasteiger partial charge in [0.05, 0.1) is 0 Å². The van der Waals surface area contributed by atoms with Gasteiger partial charge < -0.3 is 4.74 Å². The molecule has 2 aromatic rings. The maximum atomic E-state index is 12.5. The van der Waals surface area contributed by atoms with E-state index in [2.05, 4.69) is 0 Å². The molecule has 0 saturated carbocycles. The molecular weight excluding hydrogens is 236 g/mol. The van der Waals surface area contributed by atoms with Crippen LogP contribution in [-0.4, -0.2) is 12.1 Å². The Hall–Kier alpha value is -2.09. The highest BCUT2D eigenvalue weighted by atomic mass is 16.6. The van der Waals surface area contributed by atoms with E-state index in [1.54, 1.807) is 0 Å². The summed E-state index contributed by atoms with van der Waals surface area (Å²) in [5.41, 5.74) is 1.37. The zero-order valence-corrected chi connectivity index (χ0v) is 10.9. The quantitative estimate of drug-likeness (QED) is 0.766. The summed E-state index contributed by atoms with van der Waals surface area (Å²) in [4.78, 5) is 12.5. The molecule has 0 unspecified atom stereocenters. The first-order valence-corrected chi connectivity index (χ1v) is 6.55.